The van der Waals surface area contributed by atoms with Crippen LogP contribution < -0.4 is 5.32 Å². The molecule has 4 fully saturated rings. The summed E-state index contributed by atoms with van der Waals surface area (Å²) in [5.74, 6) is 0.00753. The summed E-state index contributed by atoms with van der Waals surface area (Å²) in [6, 6.07) is 0.286. The second-order valence-electron chi connectivity index (χ2n) is 16.5. The van der Waals surface area contributed by atoms with E-state index in [1.54, 1.807) is 14.2 Å². The molecule has 3 saturated heterocycles. The molecule has 6 rings (SSSR count). The second kappa shape index (κ2) is 18.0. The molecule has 3 aliphatic carbocycles. The number of ether oxygens (including phenoxy) is 8. The number of likely N-dealkylation sites (N-methyl/N-ethyl adjacent to an activating group) is 1. The molecule has 3 heterocycles. The largest absolute Gasteiger partial charge is 0.462 e. The standard InChI is InChI=1S/C42H67NO10/c1-10-26-13-12-14-35(53-37-16-15-34(43-7)24(5)49-37)23(4)38(45)33-20-31-29(32(33)21-36(44)51-26)17-22(3)28-18-27(19-30(28)31)52-42-41(47-9)40(48-11-2)39(46-8)25(6)50-42/h17,20,23-32,34-35,37,39-43H,10-16,18-19,21H2,1-9H3/t23-,24-,25+,26+,27-,28+,29-,30-,31-,32+,34+,35?,37+,39+,40-,41-,42?/m1/s1. The van der Waals surface area contributed by atoms with Crippen LogP contribution in [0.5, 0.6) is 0 Å². The first-order valence-corrected chi connectivity index (χ1v) is 20.6. The van der Waals surface area contributed by atoms with Crippen LogP contribution >= 0.6 is 0 Å². The molecule has 0 bridgehead atoms. The average Bonchev–Trinajstić information content (AvgIpc) is 3.72. The Hall–Kier alpha value is -1.70. The van der Waals surface area contributed by atoms with Gasteiger partial charge in [-0.15, -0.1) is 0 Å². The van der Waals surface area contributed by atoms with Gasteiger partial charge < -0.3 is 43.2 Å². The lowest BCUT2D eigenvalue weighted by atomic mass is 9.67. The number of hydrogen-bond donors (Lipinski definition) is 1. The fourth-order valence-electron chi connectivity index (χ4n) is 10.6. The van der Waals surface area contributed by atoms with E-state index in [-0.39, 0.29) is 103 Å². The third-order valence-electron chi connectivity index (χ3n) is 13.5. The molecule has 0 aromatic rings. The third-order valence-corrected chi connectivity index (χ3v) is 13.5. The number of Topliss-reactive ketones (excluding diaryl/α,β-unsaturated/α-hetero) is 1. The number of hydrogen-bond acceptors (Lipinski definition) is 11. The molecule has 11 heteroatoms. The van der Waals surface area contributed by atoms with Crippen molar-refractivity contribution in [2.75, 3.05) is 27.9 Å². The highest BCUT2D eigenvalue weighted by Gasteiger charge is 2.54. The normalized spacial score (nSPS) is 45.2. The van der Waals surface area contributed by atoms with Crippen LogP contribution in [0.2, 0.25) is 0 Å². The van der Waals surface area contributed by atoms with Gasteiger partial charge in [-0.25, -0.2) is 0 Å². The van der Waals surface area contributed by atoms with Gasteiger partial charge in [0.05, 0.1) is 30.8 Å². The van der Waals surface area contributed by atoms with Gasteiger partial charge in [-0.2, -0.15) is 0 Å². The smallest absolute Gasteiger partial charge is 0.306 e. The summed E-state index contributed by atoms with van der Waals surface area (Å²) < 4.78 is 50.1. The first kappa shape index (κ1) is 40.9. The van der Waals surface area contributed by atoms with Crippen LogP contribution in [0.4, 0.5) is 0 Å². The molecular weight excluding hydrogens is 678 g/mol. The molecule has 11 nitrogen and oxygen atoms in total. The Labute approximate surface area is 317 Å². The summed E-state index contributed by atoms with van der Waals surface area (Å²) >= 11 is 0. The van der Waals surface area contributed by atoms with Crippen LogP contribution in [0, 0.1) is 35.5 Å². The molecule has 0 amide bonds. The number of carbonyl (C=O) groups is 2. The lowest BCUT2D eigenvalue weighted by Gasteiger charge is -2.44. The first-order chi connectivity index (χ1) is 25.5. The summed E-state index contributed by atoms with van der Waals surface area (Å²) in [5.41, 5.74) is 2.07. The Balaban J connectivity index is 1.23. The Morgan fingerprint density at radius 3 is 2.30 bits per heavy atom. The maximum atomic E-state index is 14.7. The molecular formula is C42H67NO10. The Kier molecular flexibility index (Phi) is 13.9. The minimum atomic E-state index is -0.596. The average molecular weight is 746 g/mol. The summed E-state index contributed by atoms with van der Waals surface area (Å²) in [6.45, 7) is 12.9. The van der Waals surface area contributed by atoms with Crippen LogP contribution in [-0.4, -0.2) is 107 Å². The van der Waals surface area contributed by atoms with E-state index in [0.29, 0.717) is 18.9 Å². The maximum Gasteiger partial charge on any atom is 0.306 e. The molecule has 0 aromatic heterocycles. The van der Waals surface area contributed by atoms with E-state index >= 15 is 0 Å². The van der Waals surface area contributed by atoms with Crippen LogP contribution in [0.25, 0.3) is 0 Å². The van der Waals surface area contributed by atoms with Crippen molar-refractivity contribution in [2.24, 2.45) is 35.5 Å². The fourth-order valence-corrected chi connectivity index (χ4v) is 10.6. The molecule has 0 aromatic carbocycles. The monoisotopic (exact) mass is 745 g/mol. The minimum absolute atomic E-state index is 0.0222. The van der Waals surface area contributed by atoms with Gasteiger partial charge in [-0.05, 0) is 115 Å². The van der Waals surface area contributed by atoms with Gasteiger partial charge >= 0.3 is 5.97 Å². The second-order valence-corrected chi connectivity index (χ2v) is 16.5. The summed E-state index contributed by atoms with van der Waals surface area (Å²) in [7, 11) is 5.31. The van der Waals surface area contributed by atoms with Crippen LogP contribution in [0.15, 0.2) is 23.3 Å². The van der Waals surface area contributed by atoms with E-state index in [0.717, 1.165) is 50.5 Å². The van der Waals surface area contributed by atoms with Crippen molar-refractivity contribution in [2.45, 2.75) is 167 Å². The highest BCUT2D eigenvalue weighted by Crippen LogP contribution is 2.56. The number of methoxy groups -OCH3 is 2. The van der Waals surface area contributed by atoms with Crippen molar-refractivity contribution in [3.63, 3.8) is 0 Å². The zero-order valence-corrected chi connectivity index (χ0v) is 33.6. The van der Waals surface area contributed by atoms with Gasteiger partial charge in [0, 0.05) is 38.7 Å². The lowest BCUT2D eigenvalue weighted by molar-refractivity contribution is -0.317. The van der Waals surface area contributed by atoms with Crippen molar-refractivity contribution in [3.05, 3.63) is 23.3 Å². The number of fused-ring (bicyclic) bond motifs is 5. The lowest BCUT2D eigenvalue weighted by Crippen LogP contribution is -2.60. The van der Waals surface area contributed by atoms with Gasteiger partial charge in [-0.3, -0.25) is 9.59 Å². The van der Waals surface area contributed by atoms with E-state index in [1.165, 1.54) is 5.57 Å². The van der Waals surface area contributed by atoms with Gasteiger partial charge in [0.2, 0.25) is 0 Å². The minimum Gasteiger partial charge on any atom is -0.462 e. The van der Waals surface area contributed by atoms with Gasteiger partial charge in [0.15, 0.2) is 18.4 Å². The quantitative estimate of drug-likeness (QED) is 0.212. The molecule has 53 heavy (non-hydrogen) atoms. The fraction of sp³-hybridized carbons (Fsp3) is 0.857. The zero-order chi connectivity index (χ0) is 38.0. The number of cyclic esters (lactones) is 1. The Bertz CT molecular complexity index is 1320. The first-order valence-electron chi connectivity index (χ1n) is 20.6. The Morgan fingerprint density at radius 1 is 0.849 bits per heavy atom. The molecule has 0 radical (unpaired) electrons. The van der Waals surface area contributed by atoms with Crippen molar-refractivity contribution in [1.29, 1.82) is 0 Å². The van der Waals surface area contributed by atoms with Crippen molar-refractivity contribution in [1.82, 2.24) is 5.32 Å². The summed E-state index contributed by atoms with van der Waals surface area (Å²) in [4.78, 5) is 28.3. The van der Waals surface area contributed by atoms with Gasteiger partial charge in [-0.1, -0.05) is 31.6 Å². The SMILES string of the molecule is CCO[C@@H]1[C@@H](OC)[C@H](C)OC(O[C@H]2C[C@H]3[C@@H]4C=C5C(=O)[C@H](C)C(O[C@H]6CC[C@H](NC)[C@@H](C)O6)CCC[C@H](CC)OC(=O)C[C@H]5[C@@H]4C=C(C)[C@@H]3C2)[C@@H]1OC. The molecule has 6 aliphatic rings. The van der Waals surface area contributed by atoms with E-state index in [9.17, 15) is 9.59 Å². The number of carbonyl (C=O) groups excluding carboxylic acids is 2. The van der Waals surface area contributed by atoms with Crippen molar-refractivity contribution < 1.29 is 47.5 Å². The predicted octanol–water partition coefficient (Wildman–Crippen LogP) is 5.93. The number of rotatable bonds is 10. The third kappa shape index (κ3) is 8.68. The predicted molar refractivity (Wildman–Crippen MR) is 199 cm³/mol. The molecule has 1 N–H and O–H groups in total. The highest BCUT2D eigenvalue weighted by atomic mass is 16.7. The van der Waals surface area contributed by atoms with Crippen LogP contribution in [-0.2, 0) is 47.5 Å². The Morgan fingerprint density at radius 2 is 1.62 bits per heavy atom. The molecule has 1 saturated carbocycles. The topological polar surface area (TPSA) is 120 Å². The zero-order valence-electron chi connectivity index (χ0n) is 33.6. The maximum absolute atomic E-state index is 14.7. The van der Waals surface area contributed by atoms with E-state index in [4.69, 9.17) is 37.9 Å². The van der Waals surface area contributed by atoms with Crippen molar-refractivity contribution >= 4 is 11.8 Å². The highest BCUT2D eigenvalue weighted by molar-refractivity contribution is 5.99. The van der Waals surface area contributed by atoms with Crippen molar-refractivity contribution in [3.8, 4) is 0 Å². The van der Waals surface area contributed by atoms with Gasteiger partial charge in [0.1, 0.15) is 24.4 Å². The molecule has 300 valence electrons. The summed E-state index contributed by atoms with van der Waals surface area (Å²) in [6.07, 6.45) is 8.55. The van der Waals surface area contributed by atoms with Crippen LogP contribution in [0.1, 0.15) is 99.3 Å². The van der Waals surface area contributed by atoms with E-state index in [2.05, 4.69) is 38.2 Å². The number of esters is 1. The molecule has 3 aliphatic heterocycles. The van der Waals surface area contributed by atoms with Gasteiger partial charge in [0.25, 0.3) is 0 Å². The molecule has 0 spiro atoms. The van der Waals surface area contributed by atoms with E-state index < -0.39 is 12.4 Å². The molecule has 2 unspecified atom stereocenters. The summed E-state index contributed by atoms with van der Waals surface area (Å²) in [5, 5.41) is 3.35. The molecule has 17 atom stereocenters. The number of ketones is 1. The van der Waals surface area contributed by atoms with Crippen LogP contribution in [0.3, 0.4) is 0 Å². The number of allylic oxidation sites excluding steroid dienone is 4. The number of nitrogens with one attached hydrogen (secondary N) is 1. The van der Waals surface area contributed by atoms with E-state index in [1.807, 2.05) is 27.8 Å².